The van der Waals surface area contributed by atoms with Crippen LogP contribution in [0.5, 0.6) is 11.5 Å². The van der Waals surface area contributed by atoms with Crippen molar-refractivity contribution in [2.24, 2.45) is 30.7 Å². The maximum atomic E-state index is 12.7. The summed E-state index contributed by atoms with van der Waals surface area (Å²) in [4.78, 5) is 9.00. The molecule has 0 aromatic heterocycles. The summed E-state index contributed by atoms with van der Waals surface area (Å²) in [5, 5.41) is 71.3. The number of hydrogen-bond acceptors (Lipinski definition) is 29. The van der Waals surface area contributed by atoms with Crippen LogP contribution in [0.1, 0.15) is 14.4 Å². The molecule has 4 aromatic rings. The van der Waals surface area contributed by atoms with Gasteiger partial charge in [-0.2, -0.15) is 5.11 Å². The average Bonchev–Trinajstić information content (AvgIpc) is 3.21. The second-order valence-corrected chi connectivity index (χ2v) is 19.6. The zero-order valence-corrected chi connectivity index (χ0v) is 48.4. The van der Waals surface area contributed by atoms with Gasteiger partial charge in [-0.25, -0.2) is 33.7 Å². The first kappa shape index (κ1) is 69.9. The van der Waals surface area contributed by atoms with Crippen LogP contribution in [0.25, 0.3) is 0 Å². The Hall–Kier alpha value is -1.15. The number of phenols is 2. The molecule has 0 atom stereocenters. The van der Waals surface area contributed by atoms with Gasteiger partial charge in [0.2, 0.25) is 5.91 Å². The molecule has 0 unspecified atom stereocenters. The van der Waals surface area contributed by atoms with Gasteiger partial charge >= 0.3 is 118 Å². The average molecular weight is 1120 g/mol. The van der Waals surface area contributed by atoms with Crippen LogP contribution in [-0.4, -0.2) is 83.6 Å². The van der Waals surface area contributed by atoms with Crippen molar-refractivity contribution in [1.82, 2.24) is 0 Å². The molecule has 28 nitrogen and oxygen atoms in total. The number of sulfone groups is 2. The van der Waals surface area contributed by atoms with Crippen molar-refractivity contribution in [1.29, 1.82) is 0 Å². The van der Waals surface area contributed by atoms with Crippen molar-refractivity contribution in [2.75, 3.05) is 30.0 Å². The first-order valence-electron chi connectivity index (χ1n) is 16.4. The molecule has 354 valence electrons. The Labute approximate surface area is 490 Å². The van der Waals surface area contributed by atoms with E-state index in [1.807, 2.05) is 0 Å². The second-order valence-electron chi connectivity index (χ2n) is 11.7. The fourth-order valence-corrected chi connectivity index (χ4v) is 8.76. The summed E-state index contributed by atoms with van der Waals surface area (Å²) in [6.07, 6.45) is 0. The van der Waals surface area contributed by atoms with Gasteiger partial charge in [0.05, 0.1) is 55.7 Å². The summed E-state index contributed by atoms with van der Waals surface area (Å²) in [5.41, 5.74) is -3.29. The standard InChI is InChI=1S/C30H29N7O21S6.CH4.4Na/c1-17(38)31-22-13-26(30(64(50,51)52)15-23(22)34-32-18-2-4-19(5-3-18)61(43,44)10-8-53-59-57-55-41)37-36-25-14-24(27(39)16-28(25)40)35-33-21-7-6-20(12-29(21)63(47,48)49)62(45,46)11-9-54-60-58-56-42;;;;;/h2-7,12-16,39-42H,8-11H2,1H3,(H,31,38)(H,47,48,49)(H,50,51,52);1H4;;;;/q;;4*+1/p-4. The fraction of sp³-hybridized carbons (Fsp3) is 0.194. The van der Waals surface area contributed by atoms with E-state index in [0.717, 1.165) is 43.3 Å². The van der Waals surface area contributed by atoms with E-state index in [1.54, 1.807) is 0 Å². The molecule has 0 saturated heterocycles. The van der Waals surface area contributed by atoms with E-state index < -0.39 is 119 Å². The molecule has 3 N–H and O–H groups in total. The van der Waals surface area contributed by atoms with Crippen molar-refractivity contribution in [2.45, 2.75) is 33.9 Å². The number of carbonyl (C=O) groups excluding carboxylic acids is 1. The van der Waals surface area contributed by atoms with E-state index >= 15 is 0 Å². The van der Waals surface area contributed by atoms with Crippen molar-refractivity contribution in [3.8, 4) is 11.5 Å². The number of nitrogens with zero attached hydrogens (tertiary/aromatic N) is 6. The van der Waals surface area contributed by atoms with Gasteiger partial charge < -0.3 is 35.1 Å². The number of anilines is 1. The molecule has 4 rings (SSSR count). The van der Waals surface area contributed by atoms with E-state index in [2.05, 4.69) is 58.9 Å². The van der Waals surface area contributed by atoms with Gasteiger partial charge in [0.1, 0.15) is 60.2 Å². The van der Waals surface area contributed by atoms with Crippen LogP contribution < -0.4 is 134 Å². The summed E-state index contributed by atoms with van der Waals surface area (Å²) >= 11 is 0.136. The van der Waals surface area contributed by atoms with Gasteiger partial charge in [-0.15, -0.1) is 34.2 Å². The van der Waals surface area contributed by atoms with Crippen LogP contribution in [0.4, 0.5) is 39.8 Å². The Morgan fingerprint density at radius 2 is 1.01 bits per heavy atom. The maximum absolute atomic E-state index is 12.7. The third-order valence-electron chi connectivity index (χ3n) is 7.37. The summed E-state index contributed by atoms with van der Waals surface area (Å²) in [7, 11) is -19.1. The number of rotatable bonds is 23. The minimum atomic E-state index is -5.44. The molecule has 1 amide bonds. The predicted octanol–water partition coefficient (Wildman–Crippen LogP) is -8.08. The minimum absolute atomic E-state index is 0. The topological polar surface area (TPSA) is 428 Å². The zero-order chi connectivity index (χ0) is 47.3. The molecule has 0 saturated carbocycles. The van der Waals surface area contributed by atoms with Gasteiger partial charge in [0.15, 0.2) is 44.3 Å². The number of carbonyl (C=O) groups is 1. The van der Waals surface area contributed by atoms with Gasteiger partial charge in [0, 0.05) is 19.1 Å². The van der Waals surface area contributed by atoms with Crippen LogP contribution in [0.15, 0.2) is 117 Å². The smallest absolute Gasteiger partial charge is 0.744 e. The van der Waals surface area contributed by atoms with Gasteiger partial charge in [0.25, 0.3) is 0 Å². The van der Waals surface area contributed by atoms with Crippen LogP contribution in [-0.2, 0) is 71.8 Å². The molecule has 0 heterocycles. The monoisotopic (exact) mass is 1120 g/mol. The predicted molar refractivity (Wildman–Crippen MR) is 214 cm³/mol. The number of benzene rings is 4. The Bertz CT molecular complexity index is 2910. The molecule has 0 aliphatic rings. The minimum Gasteiger partial charge on any atom is -0.744 e. The first-order valence-corrected chi connectivity index (χ1v) is 23.9. The molecule has 0 fully saturated rings. The SMILES string of the molecule is C.CC(=O)Nc1cc(N=Nc2cc(N=Nc3ccc(S(=O)(=O)CCOSOO[O-])cc3S(=O)(=O)[O-])c(O)cc2O)c(S(=O)(=O)[O-])cc1N=Nc1ccc(S(=O)(=O)CCOSOO[O-])cc1.[Na+].[Na+].[Na+].[Na+]. The first-order chi connectivity index (χ1) is 30.1. The van der Waals surface area contributed by atoms with E-state index in [4.69, 9.17) is 4.18 Å². The Morgan fingerprint density at radius 1 is 0.580 bits per heavy atom. The van der Waals surface area contributed by atoms with Gasteiger partial charge in [-0.3, -0.25) is 23.2 Å². The largest absolute Gasteiger partial charge is 1.00 e. The van der Waals surface area contributed by atoms with Crippen LogP contribution in [0.2, 0.25) is 0 Å². The summed E-state index contributed by atoms with van der Waals surface area (Å²) < 4.78 is 141. The Morgan fingerprint density at radius 3 is 1.49 bits per heavy atom. The Balaban J connectivity index is 0. The maximum Gasteiger partial charge on any atom is 1.00 e. The van der Waals surface area contributed by atoms with Crippen LogP contribution in [0.3, 0.4) is 0 Å². The molecule has 0 bridgehead atoms. The van der Waals surface area contributed by atoms with Crippen molar-refractivity contribution < 1.29 is 214 Å². The molecule has 4 aromatic carbocycles. The number of amides is 1. The van der Waals surface area contributed by atoms with Gasteiger partial charge in [-0.1, -0.05) is 7.43 Å². The zero-order valence-electron chi connectivity index (χ0n) is 35.5. The second kappa shape index (κ2) is 32.2. The van der Waals surface area contributed by atoms with Crippen LogP contribution in [0, 0.1) is 0 Å². The van der Waals surface area contributed by atoms with Crippen LogP contribution >= 0.6 is 24.6 Å². The fourth-order valence-electron chi connectivity index (χ4n) is 4.59. The molecule has 0 aliphatic carbocycles. The summed E-state index contributed by atoms with van der Waals surface area (Å²) in [6, 6.07) is 9.84. The van der Waals surface area contributed by atoms with Crippen molar-refractivity contribution in [3.05, 3.63) is 66.7 Å². The molecule has 0 aliphatic heterocycles. The van der Waals surface area contributed by atoms with Crippen molar-refractivity contribution in [3.63, 3.8) is 0 Å². The van der Waals surface area contributed by atoms with Crippen molar-refractivity contribution >= 4 is 110 Å². The van der Waals surface area contributed by atoms with E-state index in [9.17, 15) is 68.3 Å². The molecule has 0 radical (unpaired) electrons. The Kier molecular flexibility index (Phi) is 32.7. The van der Waals surface area contributed by atoms with E-state index in [-0.39, 0.29) is 173 Å². The summed E-state index contributed by atoms with van der Waals surface area (Å²) in [6.45, 7) is 0.103. The summed E-state index contributed by atoms with van der Waals surface area (Å²) in [5.74, 6) is -3.67. The number of azo groups is 3. The quantitative estimate of drug-likeness (QED) is 0.0118. The number of nitrogens with one attached hydrogen (secondary N) is 1. The van der Waals surface area contributed by atoms with E-state index in [0.29, 0.717) is 18.2 Å². The number of aromatic hydroxyl groups is 2. The normalized spacial score (nSPS) is 11.8. The number of hydrogen-bond donors (Lipinski definition) is 3. The third-order valence-corrected chi connectivity index (χ3v) is 13.2. The van der Waals surface area contributed by atoms with E-state index in [1.165, 1.54) is 12.1 Å². The third kappa shape index (κ3) is 22.1. The molecular weight excluding hydrogens is 1090 g/mol. The molecule has 69 heavy (non-hydrogen) atoms. The molecule has 38 heteroatoms. The molecular formula is C31H29N7Na4O21S6. The van der Waals surface area contributed by atoms with Gasteiger partial charge in [-0.05, 0) is 54.6 Å². The number of phenolic OH excluding ortho intramolecular Hbond substituents is 2. The molecule has 0 spiro atoms.